The molecule has 1 N–H and O–H groups in total. The van der Waals surface area contributed by atoms with Gasteiger partial charge in [0.1, 0.15) is 0 Å². The molecule has 0 saturated carbocycles. The molecule has 0 atom stereocenters. The van der Waals surface area contributed by atoms with Crippen LogP contribution in [0.3, 0.4) is 0 Å². The predicted molar refractivity (Wildman–Crippen MR) is 126 cm³/mol. The molecule has 0 amide bonds. The van der Waals surface area contributed by atoms with Gasteiger partial charge in [0.15, 0.2) is 5.78 Å². The molecule has 0 aromatic heterocycles. The van der Waals surface area contributed by atoms with E-state index >= 15 is 0 Å². The molecule has 3 nitrogen and oxygen atoms in total. The van der Waals surface area contributed by atoms with Crippen LogP contribution in [-0.4, -0.2) is 12.9 Å². The SMILES string of the molecule is CC(=O)c1ccccc1C.COc1cc[c]([Hg][NH]c2ccc(C)c3ccccc23)cc1. The number of carbonyl (C=O) groups is 1. The summed E-state index contributed by atoms with van der Waals surface area (Å²) >= 11 is -1.34. The van der Waals surface area contributed by atoms with Crippen LogP contribution in [0, 0.1) is 13.8 Å². The Labute approximate surface area is 197 Å². The summed E-state index contributed by atoms with van der Waals surface area (Å²) in [6.07, 6.45) is 0. The minimum absolute atomic E-state index is 0.137. The van der Waals surface area contributed by atoms with E-state index in [4.69, 9.17) is 4.74 Å². The molecule has 0 fully saturated rings. The molecule has 0 heterocycles. The van der Waals surface area contributed by atoms with Crippen molar-refractivity contribution >= 4 is 25.3 Å². The van der Waals surface area contributed by atoms with Crippen molar-refractivity contribution in [2.45, 2.75) is 20.8 Å². The number of ketones is 1. The molecule has 4 heteroatoms. The summed E-state index contributed by atoms with van der Waals surface area (Å²) in [5.41, 5.74) is 4.48. The number of nitrogens with one attached hydrogen (secondary N) is 1. The number of anilines is 1. The zero-order valence-electron chi connectivity index (χ0n) is 18.6. The quantitative estimate of drug-likeness (QED) is 0.224. The number of carbonyl (C=O) groups excluding carboxylic acids is 1. The number of fused-ring (bicyclic) bond motifs is 1. The van der Waals surface area contributed by atoms with Crippen LogP contribution in [0.5, 0.6) is 5.75 Å². The maximum atomic E-state index is 10.9. The minimum atomic E-state index is -1.34. The average molecular weight is 598 g/mol. The Hall–Kier alpha value is -2.65. The molecule has 0 aliphatic carbocycles. The van der Waals surface area contributed by atoms with Gasteiger partial charge in [0, 0.05) is 5.56 Å². The summed E-state index contributed by atoms with van der Waals surface area (Å²) in [4.78, 5) is 10.9. The van der Waals surface area contributed by atoms with Crippen LogP contribution in [0.2, 0.25) is 0 Å². The first kappa shape index (κ1) is 23.0. The fraction of sp³-hybridized carbons (Fsp3) is 0.148. The fourth-order valence-corrected chi connectivity index (χ4v) is 8.08. The molecular weight excluding hydrogens is 571 g/mol. The molecule has 154 valence electrons. The summed E-state index contributed by atoms with van der Waals surface area (Å²) in [6.45, 7) is 5.69. The second-order valence-corrected chi connectivity index (χ2v) is 13.5. The summed E-state index contributed by atoms with van der Waals surface area (Å²) in [5, 5.41) is 2.66. The van der Waals surface area contributed by atoms with Gasteiger partial charge in [-0.3, -0.25) is 4.79 Å². The Morgan fingerprint density at radius 1 is 0.774 bits per heavy atom. The Kier molecular flexibility index (Phi) is 8.24. The number of rotatable bonds is 5. The van der Waals surface area contributed by atoms with E-state index in [1.807, 2.05) is 43.3 Å². The van der Waals surface area contributed by atoms with E-state index in [-0.39, 0.29) is 5.78 Å². The monoisotopic (exact) mass is 599 g/mol. The first-order chi connectivity index (χ1) is 15.0. The van der Waals surface area contributed by atoms with Crippen LogP contribution >= 0.6 is 0 Å². The fourth-order valence-electron chi connectivity index (χ4n) is 3.51. The van der Waals surface area contributed by atoms with Crippen molar-refractivity contribution in [1.82, 2.24) is 0 Å². The van der Waals surface area contributed by atoms with Gasteiger partial charge < -0.3 is 0 Å². The van der Waals surface area contributed by atoms with E-state index in [9.17, 15) is 4.79 Å². The van der Waals surface area contributed by atoms with E-state index in [0.29, 0.717) is 0 Å². The third kappa shape index (κ3) is 6.17. The van der Waals surface area contributed by atoms with Crippen LogP contribution in [0.25, 0.3) is 10.8 Å². The van der Waals surface area contributed by atoms with Crippen LogP contribution in [0.1, 0.15) is 28.4 Å². The third-order valence-corrected chi connectivity index (χ3v) is 10.9. The number of Topliss-reactive ketones (excluding diaryl/α,β-unsaturated/α-hetero) is 1. The molecule has 4 rings (SSSR count). The number of hydrogen-bond donors (Lipinski definition) is 1. The predicted octanol–water partition coefficient (Wildman–Crippen LogP) is 6.09. The molecule has 4 aromatic carbocycles. The zero-order chi connectivity index (χ0) is 22.2. The topological polar surface area (TPSA) is 38.3 Å². The third-order valence-electron chi connectivity index (χ3n) is 5.31. The number of hydrogen-bond acceptors (Lipinski definition) is 3. The van der Waals surface area contributed by atoms with Gasteiger partial charge in [-0.15, -0.1) is 0 Å². The summed E-state index contributed by atoms with van der Waals surface area (Å²) in [6, 6.07) is 29.1. The molecule has 0 aliphatic rings. The molecule has 0 bridgehead atoms. The van der Waals surface area contributed by atoms with Crippen molar-refractivity contribution < 1.29 is 34.4 Å². The molecule has 31 heavy (non-hydrogen) atoms. The molecule has 0 spiro atoms. The second kappa shape index (κ2) is 11.1. The van der Waals surface area contributed by atoms with E-state index in [0.717, 1.165) is 16.9 Å². The van der Waals surface area contributed by atoms with E-state index < -0.39 is 24.9 Å². The summed E-state index contributed by atoms with van der Waals surface area (Å²) in [5.74, 6) is 1.06. The van der Waals surface area contributed by atoms with E-state index in [1.165, 1.54) is 25.1 Å². The van der Waals surface area contributed by atoms with Gasteiger partial charge in [0.05, 0.1) is 0 Å². The van der Waals surface area contributed by atoms with Gasteiger partial charge >= 0.3 is 138 Å². The van der Waals surface area contributed by atoms with Gasteiger partial charge in [0.2, 0.25) is 0 Å². The standard InChI is InChI=1S/C11H10N.C9H10O.C7H7O.Hg/c1-8-6-7-11(12)10-5-3-2-4-9(8)10;1-7-5-3-4-6-9(7)8(2)10;1-8-7-5-3-2-4-6-7;/h2-7,12H,1H3;3-6H,1-2H3;3-6H,1H3;/q-1;;;+1. The van der Waals surface area contributed by atoms with Crippen molar-refractivity contribution in [1.29, 1.82) is 0 Å². The van der Waals surface area contributed by atoms with Crippen molar-refractivity contribution in [3.63, 3.8) is 0 Å². The molecule has 4 aromatic rings. The Bertz CT molecular complexity index is 1170. The van der Waals surface area contributed by atoms with Gasteiger partial charge in [-0.25, -0.2) is 0 Å². The molecule has 0 aliphatic heterocycles. The maximum absolute atomic E-state index is 10.9. The van der Waals surface area contributed by atoms with E-state index in [1.54, 1.807) is 14.0 Å². The Morgan fingerprint density at radius 3 is 2.03 bits per heavy atom. The van der Waals surface area contributed by atoms with Crippen LogP contribution in [0.15, 0.2) is 84.9 Å². The first-order valence-corrected chi connectivity index (χ1v) is 15.9. The second-order valence-electron chi connectivity index (χ2n) is 7.55. The first-order valence-electron chi connectivity index (χ1n) is 10.4. The van der Waals surface area contributed by atoms with Crippen molar-refractivity contribution in [2.75, 3.05) is 10.2 Å². The van der Waals surface area contributed by atoms with Gasteiger partial charge in [-0.1, -0.05) is 24.3 Å². The number of ether oxygens (including phenoxy) is 1. The summed E-state index contributed by atoms with van der Waals surface area (Å²) in [7, 11) is 1.70. The summed E-state index contributed by atoms with van der Waals surface area (Å²) < 4.78 is 10.4. The van der Waals surface area contributed by atoms with Crippen molar-refractivity contribution in [3.05, 3.63) is 102 Å². The van der Waals surface area contributed by atoms with Gasteiger partial charge in [-0.05, 0) is 19.4 Å². The number of benzene rings is 4. The van der Waals surface area contributed by atoms with Crippen LogP contribution in [-0.2, 0) is 24.9 Å². The number of methoxy groups -OCH3 is 1. The Balaban J connectivity index is 0.000000229. The molecule has 0 saturated heterocycles. The normalized spacial score (nSPS) is 9.94. The molecule has 0 unspecified atom stereocenters. The average Bonchev–Trinajstić information content (AvgIpc) is 2.80. The zero-order valence-corrected chi connectivity index (χ0v) is 24.1. The van der Waals surface area contributed by atoms with E-state index in [2.05, 4.69) is 58.5 Å². The van der Waals surface area contributed by atoms with Crippen molar-refractivity contribution in [3.8, 4) is 5.75 Å². The van der Waals surface area contributed by atoms with Gasteiger partial charge in [-0.2, -0.15) is 0 Å². The van der Waals surface area contributed by atoms with Crippen molar-refractivity contribution in [2.24, 2.45) is 0 Å². The molecular formula is C27H27HgNO2. The van der Waals surface area contributed by atoms with Crippen LogP contribution < -0.4 is 10.9 Å². The molecule has 0 radical (unpaired) electrons. The van der Waals surface area contributed by atoms with Crippen LogP contribution in [0.4, 0.5) is 5.69 Å². The Morgan fingerprint density at radius 2 is 1.42 bits per heavy atom. The van der Waals surface area contributed by atoms with Gasteiger partial charge in [0.25, 0.3) is 0 Å². The number of aryl methyl sites for hydroxylation is 2.